The molecular formula is C16H19N3O. The minimum absolute atomic E-state index is 0.0755. The predicted molar refractivity (Wildman–Crippen MR) is 80.7 cm³/mol. The van der Waals surface area contributed by atoms with E-state index in [2.05, 4.69) is 15.6 Å². The summed E-state index contributed by atoms with van der Waals surface area (Å²) in [6.45, 7) is 5.25. The number of nitrogens with one attached hydrogen (secondary N) is 2. The standard InChI is InChI=1S/C16H19N3O/c1-3-18-15-7-6-12(2)9-14(15)16(20)19-11-13-5-4-8-17-10-13/h4-10,18H,3,11H2,1-2H3,(H,19,20). The van der Waals surface area contributed by atoms with Gasteiger partial charge in [0.25, 0.3) is 5.91 Å². The first-order valence-corrected chi connectivity index (χ1v) is 6.72. The lowest BCUT2D eigenvalue weighted by molar-refractivity contribution is 0.0951. The quantitative estimate of drug-likeness (QED) is 0.877. The highest BCUT2D eigenvalue weighted by molar-refractivity contribution is 5.99. The summed E-state index contributed by atoms with van der Waals surface area (Å²) in [4.78, 5) is 16.3. The molecule has 2 rings (SSSR count). The number of pyridine rings is 1. The summed E-state index contributed by atoms with van der Waals surface area (Å²) < 4.78 is 0. The first-order chi connectivity index (χ1) is 9.70. The second kappa shape index (κ2) is 6.70. The Bertz CT molecular complexity index is 582. The number of hydrogen-bond acceptors (Lipinski definition) is 3. The van der Waals surface area contributed by atoms with Gasteiger partial charge in [0.15, 0.2) is 0 Å². The number of carbonyl (C=O) groups is 1. The Kier molecular flexibility index (Phi) is 4.71. The average molecular weight is 269 g/mol. The molecule has 4 nitrogen and oxygen atoms in total. The van der Waals surface area contributed by atoms with Crippen molar-refractivity contribution < 1.29 is 4.79 Å². The van der Waals surface area contributed by atoms with Gasteiger partial charge < -0.3 is 10.6 Å². The lowest BCUT2D eigenvalue weighted by Crippen LogP contribution is -2.24. The van der Waals surface area contributed by atoms with Gasteiger partial charge >= 0.3 is 0 Å². The number of aromatic nitrogens is 1. The van der Waals surface area contributed by atoms with E-state index in [-0.39, 0.29) is 5.91 Å². The molecule has 0 unspecified atom stereocenters. The van der Waals surface area contributed by atoms with Crippen LogP contribution in [0.4, 0.5) is 5.69 Å². The van der Waals surface area contributed by atoms with E-state index in [4.69, 9.17) is 0 Å². The van der Waals surface area contributed by atoms with Gasteiger partial charge in [0.2, 0.25) is 0 Å². The smallest absolute Gasteiger partial charge is 0.253 e. The summed E-state index contributed by atoms with van der Waals surface area (Å²) in [5.41, 5.74) is 3.59. The van der Waals surface area contributed by atoms with Crippen molar-refractivity contribution in [1.29, 1.82) is 0 Å². The maximum absolute atomic E-state index is 12.3. The van der Waals surface area contributed by atoms with Crippen molar-refractivity contribution in [3.05, 3.63) is 59.4 Å². The lowest BCUT2D eigenvalue weighted by atomic mass is 10.1. The van der Waals surface area contributed by atoms with Crippen molar-refractivity contribution in [2.45, 2.75) is 20.4 Å². The first-order valence-electron chi connectivity index (χ1n) is 6.72. The fourth-order valence-corrected chi connectivity index (χ4v) is 1.97. The van der Waals surface area contributed by atoms with Crippen LogP contribution in [0.3, 0.4) is 0 Å². The largest absolute Gasteiger partial charge is 0.385 e. The third-order valence-electron chi connectivity index (χ3n) is 2.96. The van der Waals surface area contributed by atoms with Crippen LogP contribution in [0.2, 0.25) is 0 Å². The molecule has 0 saturated carbocycles. The lowest BCUT2D eigenvalue weighted by Gasteiger charge is -2.12. The highest BCUT2D eigenvalue weighted by Crippen LogP contribution is 2.17. The van der Waals surface area contributed by atoms with Crippen LogP contribution in [0.5, 0.6) is 0 Å². The van der Waals surface area contributed by atoms with Crippen molar-refractivity contribution in [2.75, 3.05) is 11.9 Å². The number of aryl methyl sites for hydroxylation is 1. The highest BCUT2D eigenvalue weighted by Gasteiger charge is 2.11. The van der Waals surface area contributed by atoms with E-state index in [1.54, 1.807) is 12.4 Å². The monoisotopic (exact) mass is 269 g/mol. The van der Waals surface area contributed by atoms with Gasteiger partial charge in [0.1, 0.15) is 0 Å². The van der Waals surface area contributed by atoms with E-state index < -0.39 is 0 Å². The third kappa shape index (κ3) is 3.57. The molecule has 1 amide bonds. The van der Waals surface area contributed by atoms with Gasteiger partial charge in [0.05, 0.1) is 5.56 Å². The van der Waals surface area contributed by atoms with Gasteiger partial charge in [-0.2, -0.15) is 0 Å². The van der Waals surface area contributed by atoms with Gasteiger partial charge in [-0.15, -0.1) is 0 Å². The first kappa shape index (κ1) is 14.1. The number of nitrogens with zero attached hydrogens (tertiary/aromatic N) is 1. The number of rotatable bonds is 5. The third-order valence-corrected chi connectivity index (χ3v) is 2.96. The molecule has 0 fully saturated rings. The van der Waals surface area contributed by atoms with Crippen molar-refractivity contribution in [3.63, 3.8) is 0 Å². The van der Waals surface area contributed by atoms with Gasteiger partial charge in [-0.25, -0.2) is 0 Å². The Morgan fingerprint density at radius 3 is 2.85 bits per heavy atom. The summed E-state index contributed by atoms with van der Waals surface area (Å²) in [6.07, 6.45) is 3.47. The van der Waals surface area contributed by atoms with Gasteiger partial charge in [0, 0.05) is 31.2 Å². The maximum atomic E-state index is 12.3. The van der Waals surface area contributed by atoms with Crippen molar-refractivity contribution in [2.24, 2.45) is 0 Å². The van der Waals surface area contributed by atoms with Crippen LogP contribution in [-0.4, -0.2) is 17.4 Å². The van der Waals surface area contributed by atoms with Crippen LogP contribution >= 0.6 is 0 Å². The van der Waals surface area contributed by atoms with Gasteiger partial charge in [-0.1, -0.05) is 17.7 Å². The summed E-state index contributed by atoms with van der Waals surface area (Å²) >= 11 is 0. The molecule has 2 N–H and O–H groups in total. The fourth-order valence-electron chi connectivity index (χ4n) is 1.97. The molecule has 0 spiro atoms. The van der Waals surface area contributed by atoms with E-state index in [9.17, 15) is 4.79 Å². The molecule has 0 saturated heterocycles. The molecule has 1 heterocycles. The minimum Gasteiger partial charge on any atom is -0.385 e. The molecule has 104 valence electrons. The molecule has 4 heteroatoms. The molecule has 20 heavy (non-hydrogen) atoms. The van der Waals surface area contributed by atoms with Crippen molar-refractivity contribution in [1.82, 2.24) is 10.3 Å². The fraction of sp³-hybridized carbons (Fsp3) is 0.250. The van der Waals surface area contributed by atoms with Crippen LogP contribution in [0.1, 0.15) is 28.4 Å². The molecule has 2 aromatic rings. The second-order valence-corrected chi connectivity index (χ2v) is 4.62. The zero-order valence-corrected chi connectivity index (χ0v) is 11.8. The number of anilines is 1. The highest BCUT2D eigenvalue weighted by atomic mass is 16.1. The summed E-state index contributed by atoms with van der Waals surface area (Å²) in [6, 6.07) is 9.64. The number of benzene rings is 1. The van der Waals surface area contributed by atoms with Crippen molar-refractivity contribution in [3.8, 4) is 0 Å². The summed E-state index contributed by atoms with van der Waals surface area (Å²) in [5, 5.41) is 6.13. The molecule has 0 bridgehead atoms. The van der Waals surface area contributed by atoms with Gasteiger partial charge in [-0.3, -0.25) is 9.78 Å². The van der Waals surface area contributed by atoms with Crippen LogP contribution < -0.4 is 10.6 Å². The van der Waals surface area contributed by atoms with Crippen LogP contribution in [-0.2, 0) is 6.54 Å². The molecule has 0 aliphatic rings. The molecule has 0 atom stereocenters. The molecule has 1 aromatic heterocycles. The number of amides is 1. The van der Waals surface area contributed by atoms with E-state index in [1.807, 2.05) is 44.2 Å². The Morgan fingerprint density at radius 1 is 1.30 bits per heavy atom. The normalized spacial score (nSPS) is 10.1. The Balaban J connectivity index is 2.10. The Hall–Kier alpha value is -2.36. The number of hydrogen-bond donors (Lipinski definition) is 2. The molecule has 1 aromatic carbocycles. The van der Waals surface area contributed by atoms with E-state index in [1.165, 1.54) is 0 Å². The Labute approximate surface area is 119 Å². The van der Waals surface area contributed by atoms with Gasteiger partial charge in [-0.05, 0) is 37.6 Å². The zero-order valence-electron chi connectivity index (χ0n) is 11.8. The molecule has 0 radical (unpaired) electrons. The predicted octanol–water partition coefficient (Wildman–Crippen LogP) is 2.75. The van der Waals surface area contributed by atoms with Crippen LogP contribution in [0.25, 0.3) is 0 Å². The molecule has 0 aliphatic carbocycles. The van der Waals surface area contributed by atoms with E-state index >= 15 is 0 Å². The Morgan fingerprint density at radius 2 is 2.15 bits per heavy atom. The molecule has 0 aliphatic heterocycles. The molecular weight excluding hydrogens is 250 g/mol. The average Bonchev–Trinajstić information content (AvgIpc) is 2.48. The second-order valence-electron chi connectivity index (χ2n) is 4.62. The summed E-state index contributed by atoms with van der Waals surface area (Å²) in [5.74, 6) is -0.0755. The van der Waals surface area contributed by atoms with Crippen LogP contribution in [0, 0.1) is 6.92 Å². The van der Waals surface area contributed by atoms with E-state index in [0.717, 1.165) is 23.4 Å². The SMILES string of the molecule is CCNc1ccc(C)cc1C(=O)NCc1cccnc1. The summed E-state index contributed by atoms with van der Waals surface area (Å²) in [7, 11) is 0. The number of carbonyl (C=O) groups excluding carboxylic acids is 1. The van der Waals surface area contributed by atoms with Crippen molar-refractivity contribution >= 4 is 11.6 Å². The maximum Gasteiger partial charge on any atom is 0.253 e. The van der Waals surface area contributed by atoms with E-state index in [0.29, 0.717) is 12.1 Å². The minimum atomic E-state index is -0.0755. The van der Waals surface area contributed by atoms with Crippen LogP contribution in [0.15, 0.2) is 42.7 Å². The zero-order chi connectivity index (χ0) is 14.4. The topological polar surface area (TPSA) is 54.0 Å².